The van der Waals surface area contributed by atoms with Gasteiger partial charge in [-0.1, -0.05) is 129 Å². The van der Waals surface area contributed by atoms with Gasteiger partial charge in [-0.15, -0.1) is 0 Å². The molecule has 0 aliphatic rings. The van der Waals surface area contributed by atoms with Crippen LogP contribution in [0.25, 0.3) is 0 Å². The first-order valence-electron chi connectivity index (χ1n) is 12.9. The van der Waals surface area contributed by atoms with E-state index < -0.39 is 0 Å². The predicted molar refractivity (Wildman–Crippen MR) is 135 cm³/mol. The molecule has 0 aromatic rings. The van der Waals surface area contributed by atoms with Gasteiger partial charge in [0.1, 0.15) is 0 Å². The van der Waals surface area contributed by atoms with Gasteiger partial charge in [-0.05, 0) is 36.0 Å². The average molecular weight is 466 g/mol. The van der Waals surface area contributed by atoms with E-state index in [0.717, 1.165) is 25.7 Å². The molecule has 0 fully saturated rings. The van der Waals surface area contributed by atoms with Crippen molar-refractivity contribution in [2.24, 2.45) is 0 Å². The third kappa shape index (κ3) is 35.4. The highest BCUT2D eigenvalue weighted by Crippen LogP contribution is 2.12. The zero-order chi connectivity index (χ0) is 22.7. The van der Waals surface area contributed by atoms with Crippen LogP contribution >= 0.6 is 23.2 Å². The van der Waals surface area contributed by atoms with Crippen LogP contribution < -0.4 is 0 Å². The van der Waals surface area contributed by atoms with Crippen molar-refractivity contribution in [1.29, 1.82) is 0 Å². The zero-order valence-electron chi connectivity index (χ0n) is 20.1. The number of hydrogen-bond donors (Lipinski definition) is 0. The van der Waals surface area contributed by atoms with Gasteiger partial charge < -0.3 is 0 Å². The molecular formula is C26H50Cl2O2. The lowest BCUT2D eigenvalue weighted by atomic mass is 10.1. The summed E-state index contributed by atoms with van der Waals surface area (Å²) in [6.07, 6.45) is 27.0. The zero-order valence-corrected chi connectivity index (χ0v) is 21.6. The first-order valence-corrected chi connectivity index (χ1v) is 13.7. The van der Waals surface area contributed by atoms with E-state index in [-0.39, 0.29) is 10.5 Å². The van der Waals surface area contributed by atoms with E-state index in [1.807, 2.05) is 0 Å². The van der Waals surface area contributed by atoms with E-state index >= 15 is 0 Å². The minimum atomic E-state index is -0.187. The summed E-state index contributed by atoms with van der Waals surface area (Å²) in [6, 6.07) is 0. The smallest absolute Gasteiger partial charge is 0.221 e. The number of carbonyl (C=O) groups excluding carboxylic acids is 2. The average Bonchev–Trinajstić information content (AvgIpc) is 2.71. The molecule has 180 valence electrons. The summed E-state index contributed by atoms with van der Waals surface area (Å²) >= 11 is 10.5. The molecule has 0 bridgehead atoms. The van der Waals surface area contributed by atoms with Crippen LogP contribution in [0.3, 0.4) is 0 Å². The van der Waals surface area contributed by atoms with Crippen molar-refractivity contribution in [3.8, 4) is 0 Å². The molecule has 4 heteroatoms. The molecule has 0 aliphatic heterocycles. The molecule has 0 saturated heterocycles. The molecule has 0 heterocycles. The molecule has 0 rings (SSSR count). The fraction of sp³-hybridized carbons (Fsp3) is 0.923. The molecular weight excluding hydrogens is 415 g/mol. The van der Waals surface area contributed by atoms with Gasteiger partial charge in [-0.25, -0.2) is 0 Å². The van der Waals surface area contributed by atoms with E-state index in [9.17, 15) is 9.59 Å². The Balaban J connectivity index is 0. The Morgan fingerprint density at radius 2 is 0.600 bits per heavy atom. The molecule has 0 spiro atoms. The first-order chi connectivity index (χ1) is 14.5. The minimum Gasteiger partial charge on any atom is -0.281 e. The van der Waals surface area contributed by atoms with Crippen molar-refractivity contribution in [1.82, 2.24) is 0 Å². The number of unbranched alkanes of at least 4 members (excludes halogenated alkanes) is 18. The lowest BCUT2D eigenvalue weighted by Crippen LogP contribution is -1.86. The van der Waals surface area contributed by atoms with Crippen molar-refractivity contribution in [2.45, 2.75) is 155 Å². The summed E-state index contributed by atoms with van der Waals surface area (Å²) < 4.78 is 0. The van der Waals surface area contributed by atoms with Gasteiger partial charge in [0, 0.05) is 12.8 Å². The van der Waals surface area contributed by atoms with Crippen LogP contribution in [0.15, 0.2) is 0 Å². The van der Waals surface area contributed by atoms with Gasteiger partial charge in [-0.3, -0.25) is 9.59 Å². The van der Waals surface area contributed by atoms with E-state index in [2.05, 4.69) is 13.8 Å². The summed E-state index contributed by atoms with van der Waals surface area (Å²) in [5.41, 5.74) is 0. The van der Waals surface area contributed by atoms with Crippen LogP contribution in [0.1, 0.15) is 155 Å². The number of carbonyl (C=O) groups is 2. The molecule has 0 atom stereocenters. The molecule has 0 aromatic carbocycles. The van der Waals surface area contributed by atoms with E-state index in [0.29, 0.717) is 12.8 Å². The number of halogens is 2. The Kier molecular flexibility index (Phi) is 30.9. The molecule has 0 N–H and O–H groups in total. The monoisotopic (exact) mass is 464 g/mol. The Labute approximate surface area is 198 Å². The highest BCUT2D eigenvalue weighted by Gasteiger charge is 1.97. The molecule has 0 aliphatic carbocycles. The quantitative estimate of drug-likeness (QED) is 0.118. The largest absolute Gasteiger partial charge is 0.281 e. The Morgan fingerprint density at radius 3 is 0.800 bits per heavy atom. The van der Waals surface area contributed by atoms with Crippen molar-refractivity contribution < 1.29 is 9.59 Å². The molecule has 2 nitrogen and oxygen atoms in total. The van der Waals surface area contributed by atoms with Gasteiger partial charge in [0.05, 0.1) is 0 Å². The van der Waals surface area contributed by atoms with Crippen molar-refractivity contribution in [3.63, 3.8) is 0 Å². The van der Waals surface area contributed by atoms with Crippen molar-refractivity contribution in [2.75, 3.05) is 0 Å². The predicted octanol–water partition coefficient (Wildman–Crippen LogP) is 10.1. The molecule has 0 aromatic heterocycles. The summed E-state index contributed by atoms with van der Waals surface area (Å²) in [6.45, 7) is 4.49. The topological polar surface area (TPSA) is 34.1 Å². The summed E-state index contributed by atoms with van der Waals surface area (Å²) in [4.78, 5) is 20.9. The van der Waals surface area contributed by atoms with Gasteiger partial charge in [0.15, 0.2) is 0 Å². The second-order valence-corrected chi connectivity index (χ2v) is 9.42. The first kappa shape index (κ1) is 32.1. The molecule has 0 unspecified atom stereocenters. The lowest BCUT2D eigenvalue weighted by Gasteiger charge is -2.01. The van der Waals surface area contributed by atoms with Gasteiger partial charge >= 0.3 is 0 Å². The van der Waals surface area contributed by atoms with Crippen LogP contribution in [0.5, 0.6) is 0 Å². The van der Waals surface area contributed by atoms with Crippen molar-refractivity contribution >= 4 is 33.7 Å². The molecule has 30 heavy (non-hydrogen) atoms. The Morgan fingerprint density at radius 1 is 0.400 bits per heavy atom. The molecule has 0 saturated carbocycles. The molecule has 0 amide bonds. The van der Waals surface area contributed by atoms with Crippen LogP contribution in [-0.4, -0.2) is 10.5 Å². The third-order valence-electron chi connectivity index (χ3n) is 5.45. The maximum Gasteiger partial charge on any atom is 0.221 e. The number of hydrogen-bond acceptors (Lipinski definition) is 2. The second-order valence-electron chi connectivity index (χ2n) is 8.57. The highest BCUT2D eigenvalue weighted by atomic mass is 35.5. The van der Waals surface area contributed by atoms with Crippen LogP contribution in [0.4, 0.5) is 0 Å². The summed E-state index contributed by atoms with van der Waals surface area (Å²) in [5.74, 6) is 0. The Bertz CT molecular complexity index is 359. The van der Waals surface area contributed by atoms with Crippen molar-refractivity contribution in [3.05, 3.63) is 0 Å². The maximum atomic E-state index is 10.5. The van der Waals surface area contributed by atoms with Gasteiger partial charge in [-0.2, -0.15) is 0 Å². The van der Waals surface area contributed by atoms with Crippen LogP contribution in [-0.2, 0) is 9.59 Å². The van der Waals surface area contributed by atoms with Crippen LogP contribution in [0, 0.1) is 0 Å². The fourth-order valence-electron chi connectivity index (χ4n) is 3.50. The van der Waals surface area contributed by atoms with Crippen LogP contribution in [0.2, 0.25) is 0 Å². The maximum absolute atomic E-state index is 10.5. The SMILES string of the molecule is CCCCCCCCCCCC(=O)Cl.CCCCCCCCCCCCCC(=O)Cl. The molecule has 0 radical (unpaired) electrons. The highest BCUT2D eigenvalue weighted by molar-refractivity contribution is 6.63. The van der Waals surface area contributed by atoms with E-state index in [1.165, 1.54) is 103 Å². The summed E-state index contributed by atoms with van der Waals surface area (Å²) in [7, 11) is 0. The van der Waals surface area contributed by atoms with Gasteiger partial charge in [0.25, 0.3) is 0 Å². The Hall–Kier alpha value is -0.0800. The second kappa shape index (κ2) is 28.9. The van der Waals surface area contributed by atoms with E-state index in [1.54, 1.807) is 0 Å². The minimum absolute atomic E-state index is 0.184. The van der Waals surface area contributed by atoms with E-state index in [4.69, 9.17) is 23.2 Å². The number of rotatable bonds is 22. The fourth-order valence-corrected chi connectivity index (χ4v) is 3.77. The lowest BCUT2D eigenvalue weighted by molar-refractivity contribution is -0.112. The normalized spacial score (nSPS) is 10.5. The van der Waals surface area contributed by atoms with Gasteiger partial charge in [0.2, 0.25) is 10.5 Å². The standard InChI is InChI=1S/C14H27ClO.C12H23ClO/c1-2-3-4-5-6-7-8-9-10-11-12-13-14(15)16;1-2-3-4-5-6-7-8-9-10-11-12(13)14/h2-13H2,1H3;2-11H2,1H3. The third-order valence-corrected chi connectivity index (χ3v) is 5.83. The summed E-state index contributed by atoms with van der Waals surface area (Å²) in [5, 5.41) is -0.371.